The molecule has 0 unspecified atom stereocenters. The molecule has 8 heteroatoms. The molecule has 0 spiro atoms. The molecule has 0 radical (unpaired) electrons. The van der Waals surface area contributed by atoms with E-state index in [4.69, 9.17) is 4.98 Å². The van der Waals surface area contributed by atoms with Gasteiger partial charge in [0.2, 0.25) is 0 Å². The number of aromatic nitrogens is 2. The lowest BCUT2D eigenvalue weighted by molar-refractivity contribution is 0.0664. The van der Waals surface area contributed by atoms with E-state index in [9.17, 15) is 14.4 Å². The van der Waals surface area contributed by atoms with E-state index in [0.717, 1.165) is 6.54 Å². The number of carbonyl (C=O) groups is 2. The first-order valence-corrected chi connectivity index (χ1v) is 12.6. The first-order valence-electron chi connectivity index (χ1n) is 11.6. The van der Waals surface area contributed by atoms with Gasteiger partial charge >= 0.3 is 0 Å². The number of imide groups is 1. The summed E-state index contributed by atoms with van der Waals surface area (Å²) in [4.78, 5) is 47.1. The molecule has 0 saturated heterocycles. The largest absolute Gasteiger partial charge is 0.297 e. The van der Waals surface area contributed by atoms with Crippen molar-refractivity contribution in [2.75, 3.05) is 18.8 Å². The van der Waals surface area contributed by atoms with Crippen LogP contribution in [0.4, 0.5) is 0 Å². The average molecular weight is 479 g/mol. The van der Waals surface area contributed by atoms with E-state index < -0.39 is 0 Å². The summed E-state index contributed by atoms with van der Waals surface area (Å²) < 4.78 is 1.73. The Morgan fingerprint density at radius 3 is 2.06 bits per heavy atom. The van der Waals surface area contributed by atoms with Gasteiger partial charge in [0.05, 0.1) is 22.0 Å². The van der Waals surface area contributed by atoms with Crippen LogP contribution in [0.3, 0.4) is 0 Å². The monoisotopic (exact) mass is 478 g/mol. The first-order chi connectivity index (χ1) is 16.3. The van der Waals surface area contributed by atoms with Crippen LogP contribution in [0.2, 0.25) is 0 Å². The zero-order valence-corrected chi connectivity index (χ0v) is 20.8. The van der Waals surface area contributed by atoms with Crippen LogP contribution in [0.15, 0.2) is 58.5 Å². The van der Waals surface area contributed by atoms with Gasteiger partial charge in [0.15, 0.2) is 5.16 Å². The molecule has 0 aliphatic carbocycles. The van der Waals surface area contributed by atoms with Gasteiger partial charge in [-0.05, 0) is 52.0 Å². The lowest BCUT2D eigenvalue weighted by Crippen LogP contribution is -2.40. The van der Waals surface area contributed by atoms with E-state index in [1.807, 2.05) is 18.2 Å². The van der Waals surface area contributed by atoms with Crippen molar-refractivity contribution < 1.29 is 9.59 Å². The molecule has 0 fully saturated rings. The number of thioether (sulfide) groups is 1. The molecule has 0 saturated carbocycles. The van der Waals surface area contributed by atoms with Gasteiger partial charge in [-0.1, -0.05) is 36.0 Å². The molecule has 0 atom stereocenters. The third-order valence-electron chi connectivity index (χ3n) is 6.16. The van der Waals surface area contributed by atoms with Crippen molar-refractivity contribution in [1.29, 1.82) is 0 Å². The minimum Gasteiger partial charge on any atom is -0.297 e. The number of hydrogen-bond donors (Lipinski definition) is 0. The third kappa shape index (κ3) is 4.65. The molecule has 2 heterocycles. The number of rotatable bonds is 9. The van der Waals surface area contributed by atoms with E-state index in [1.165, 1.54) is 16.7 Å². The number of fused-ring (bicyclic) bond motifs is 2. The molecule has 178 valence electrons. The van der Waals surface area contributed by atoms with Crippen molar-refractivity contribution in [3.8, 4) is 0 Å². The van der Waals surface area contributed by atoms with Crippen molar-refractivity contribution in [2.24, 2.45) is 0 Å². The highest BCUT2D eigenvalue weighted by atomic mass is 32.2. The number of benzene rings is 2. The molecule has 2 aromatic carbocycles. The van der Waals surface area contributed by atoms with Gasteiger partial charge in [0, 0.05) is 37.5 Å². The van der Waals surface area contributed by atoms with Gasteiger partial charge < -0.3 is 0 Å². The molecule has 2 amide bonds. The lowest BCUT2D eigenvalue weighted by Gasteiger charge is -2.30. The molecule has 4 rings (SSSR count). The fraction of sp³-hybridized carbons (Fsp3) is 0.385. The second kappa shape index (κ2) is 10.1. The van der Waals surface area contributed by atoms with Gasteiger partial charge in [0.25, 0.3) is 17.4 Å². The van der Waals surface area contributed by atoms with E-state index in [0.29, 0.717) is 51.6 Å². The summed E-state index contributed by atoms with van der Waals surface area (Å²) in [5.74, 6) is -0.0851. The van der Waals surface area contributed by atoms with Crippen LogP contribution in [-0.4, -0.2) is 62.1 Å². The van der Waals surface area contributed by atoms with E-state index in [-0.39, 0.29) is 23.9 Å². The summed E-state index contributed by atoms with van der Waals surface area (Å²) in [6.45, 7) is 10.1. The van der Waals surface area contributed by atoms with Gasteiger partial charge in [-0.3, -0.25) is 28.8 Å². The van der Waals surface area contributed by atoms with Gasteiger partial charge in [-0.25, -0.2) is 4.98 Å². The number of nitrogens with zero attached hydrogens (tertiary/aromatic N) is 4. The zero-order valence-electron chi connectivity index (χ0n) is 20.0. The number of hydrogen-bond acceptors (Lipinski definition) is 6. The zero-order chi connectivity index (χ0) is 24.4. The highest BCUT2D eigenvalue weighted by molar-refractivity contribution is 7.99. The van der Waals surface area contributed by atoms with E-state index >= 15 is 0 Å². The lowest BCUT2D eigenvalue weighted by atomic mass is 10.1. The normalized spacial score (nSPS) is 13.7. The molecule has 7 nitrogen and oxygen atoms in total. The van der Waals surface area contributed by atoms with Crippen molar-refractivity contribution in [3.63, 3.8) is 0 Å². The third-order valence-corrected chi connectivity index (χ3v) is 7.12. The highest BCUT2D eigenvalue weighted by Crippen LogP contribution is 2.24. The van der Waals surface area contributed by atoms with Crippen LogP contribution >= 0.6 is 11.8 Å². The van der Waals surface area contributed by atoms with Gasteiger partial charge in [-0.2, -0.15) is 0 Å². The highest BCUT2D eigenvalue weighted by Gasteiger charge is 2.34. The molecule has 34 heavy (non-hydrogen) atoms. The average Bonchev–Trinajstić information content (AvgIpc) is 3.05. The predicted molar refractivity (Wildman–Crippen MR) is 136 cm³/mol. The summed E-state index contributed by atoms with van der Waals surface area (Å²) in [6, 6.07) is 14.9. The fourth-order valence-corrected chi connectivity index (χ4v) is 5.40. The van der Waals surface area contributed by atoms with Crippen LogP contribution in [0.1, 0.15) is 48.4 Å². The van der Waals surface area contributed by atoms with Crippen molar-refractivity contribution in [1.82, 2.24) is 19.4 Å². The predicted octanol–water partition coefficient (Wildman–Crippen LogP) is 3.90. The molecular formula is C26H30N4O3S. The van der Waals surface area contributed by atoms with Gasteiger partial charge in [-0.15, -0.1) is 0 Å². The maximum absolute atomic E-state index is 13.3. The molecule has 0 N–H and O–H groups in total. The summed E-state index contributed by atoms with van der Waals surface area (Å²) in [7, 11) is 0. The topological polar surface area (TPSA) is 75.5 Å². The van der Waals surface area contributed by atoms with Crippen LogP contribution in [0.5, 0.6) is 0 Å². The van der Waals surface area contributed by atoms with Crippen molar-refractivity contribution in [3.05, 3.63) is 70.0 Å². The second-order valence-electron chi connectivity index (χ2n) is 8.95. The molecular weight excluding hydrogens is 448 g/mol. The fourth-order valence-electron chi connectivity index (χ4n) is 4.45. The van der Waals surface area contributed by atoms with Crippen LogP contribution in [-0.2, 0) is 6.54 Å². The summed E-state index contributed by atoms with van der Waals surface area (Å²) in [5, 5.41) is 1.20. The Kier molecular flexibility index (Phi) is 7.19. The Labute approximate surface area is 203 Å². The number of para-hydroxylation sites is 1. The molecule has 0 bridgehead atoms. The van der Waals surface area contributed by atoms with E-state index in [2.05, 4.69) is 32.6 Å². The maximum Gasteiger partial charge on any atom is 0.262 e. The maximum atomic E-state index is 13.3. The minimum atomic E-state index is -0.269. The second-order valence-corrected chi connectivity index (χ2v) is 10.0. The Hall–Kier alpha value is -2.97. The first kappa shape index (κ1) is 24.2. The van der Waals surface area contributed by atoms with Crippen LogP contribution in [0, 0.1) is 0 Å². The molecule has 1 aliphatic heterocycles. The Bertz CT molecular complexity index is 1240. The van der Waals surface area contributed by atoms with Crippen LogP contribution in [0.25, 0.3) is 10.9 Å². The number of amides is 2. The quantitative estimate of drug-likeness (QED) is 0.264. The number of carbonyl (C=O) groups excluding carboxylic acids is 2. The van der Waals surface area contributed by atoms with Gasteiger partial charge in [0.1, 0.15) is 0 Å². The SMILES string of the molecule is CC(C)N(CCn1c(SCCN2C(=O)c3ccccc3C2=O)nc2ccccc2c1=O)C(C)C. The van der Waals surface area contributed by atoms with E-state index in [1.54, 1.807) is 34.9 Å². The summed E-state index contributed by atoms with van der Waals surface area (Å²) in [6.07, 6.45) is 0. The standard InChI is InChI=1S/C26H30N4O3S/c1-17(2)28(18(3)4)13-14-30-25(33)21-11-7-8-12-22(21)27-26(30)34-16-15-29-23(31)19-9-5-6-10-20(19)24(29)32/h5-12,17-18H,13-16H2,1-4H3. The minimum absolute atomic E-state index is 0.0682. The molecule has 3 aromatic rings. The molecule has 1 aromatic heterocycles. The summed E-state index contributed by atoms with van der Waals surface area (Å²) in [5.41, 5.74) is 1.47. The van der Waals surface area contributed by atoms with Crippen molar-refractivity contribution >= 4 is 34.5 Å². The summed E-state index contributed by atoms with van der Waals surface area (Å²) >= 11 is 1.40. The Balaban J connectivity index is 1.55. The Morgan fingerprint density at radius 2 is 1.44 bits per heavy atom. The smallest absolute Gasteiger partial charge is 0.262 e. The Morgan fingerprint density at radius 1 is 0.853 bits per heavy atom. The van der Waals surface area contributed by atoms with Crippen molar-refractivity contribution in [2.45, 2.75) is 51.5 Å². The van der Waals surface area contributed by atoms with Crippen LogP contribution < -0.4 is 5.56 Å². The molecule has 1 aliphatic rings.